The first kappa shape index (κ1) is 10.8. The summed E-state index contributed by atoms with van der Waals surface area (Å²) in [6.45, 7) is 3.26. The third kappa shape index (κ3) is 2.33. The van der Waals surface area contributed by atoms with E-state index in [2.05, 4.69) is 29.5 Å². The van der Waals surface area contributed by atoms with Crippen molar-refractivity contribution >= 4 is 22.6 Å². The monoisotopic (exact) mass is 293 g/mol. The van der Waals surface area contributed by atoms with E-state index < -0.39 is 6.67 Å². The molecule has 0 bridgehead atoms. The second-order valence-electron chi connectivity index (χ2n) is 2.71. The van der Waals surface area contributed by atoms with Gasteiger partial charge in [-0.05, 0) is 35.6 Å². The Labute approximate surface area is 91.4 Å². The van der Waals surface area contributed by atoms with Crippen molar-refractivity contribution in [2.75, 3.05) is 13.8 Å². The lowest BCUT2D eigenvalue weighted by atomic mass is 10.0. The Morgan fingerprint density at radius 1 is 1.62 bits per heavy atom. The Balaban J connectivity index is 3.12. The summed E-state index contributed by atoms with van der Waals surface area (Å²) in [6.07, 6.45) is 0. The number of methoxy groups -OCH3 is 1. The van der Waals surface area contributed by atoms with Crippen LogP contribution in [0.15, 0.2) is 18.2 Å². The average molecular weight is 293 g/mol. The molecule has 0 saturated carbocycles. The molecule has 1 rings (SSSR count). The highest BCUT2D eigenvalue weighted by Crippen LogP contribution is 2.30. The average Bonchev–Trinajstić information content (AvgIpc) is 2.16. The highest BCUT2D eigenvalue weighted by Gasteiger charge is 2.12. The Bertz CT molecular complexity index is 288. The maximum absolute atomic E-state index is 12.4. The summed E-state index contributed by atoms with van der Waals surface area (Å²) >= 11 is 2.16. The lowest BCUT2D eigenvalue weighted by molar-refractivity contribution is 0.395. The van der Waals surface area contributed by atoms with Crippen LogP contribution in [0, 0.1) is 10.5 Å². The molecule has 1 radical (unpaired) electrons. The quantitative estimate of drug-likeness (QED) is 0.778. The second kappa shape index (κ2) is 4.79. The van der Waals surface area contributed by atoms with Crippen molar-refractivity contribution in [1.82, 2.24) is 0 Å². The van der Waals surface area contributed by atoms with Gasteiger partial charge in [0.05, 0.1) is 17.4 Å². The van der Waals surface area contributed by atoms with E-state index in [1.165, 1.54) is 0 Å². The zero-order valence-corrected chi connectivity index (χ0v) is 9.55. The fraction of sp³-hybridized carbons (Fsp3) is 0.300. The SMILES string of the molecule is [CH2]C(CF)c1cccc(I)c1OC. The van der Waals surface area contributed by atoms with E-state index >= 15 is 0 Å². The van der Waals surface area contributed by atoms with Crippen molar-refractivity contribution in [1.29, 1.82) is 0 Å². The highest BCUT2D eigenvalue weighted by molar-refractivity contribution is 14.1. The van der Waals surface area contributed by atoms with E-state index in [0.29, 0.717) is 0 Å². The lowest BCUT2D eigenvalue weighted by Gasteiger charge is -2.13. The molecule has 13 heavy (non-hydrogen) atoms. The van der Waals surface area contributed by atoms with Crippen LogP contribution in [0.25, 0.3) is 0 Å². The van der Waals surface area contributed by atoms with Crippen LogP contribution in [0.2, 0.25) is 0 Å². The molecule has 0 spiro atoms. The molecule has 71 valence electrons. The molecular formula is C10H11FIO. The van der Waals surface area contributed by atoms with Gasteiger partial charge in [0.2, 0.25) is 0 Å². The van der Waals surface area contributed by atoms with Crippen LogP contribution in [-0.4, -0.2) is 13.8 Å². The van der Waals surface area contributed by atoms with Gasteiger partial charge in [0.15, 0.2) is 0 Å². The minimum absolute atomic E-state index is 0.343. The number of alkyl halides is 1. The summed E-state index contributed by atoms with van der Waals surface area (Å²) in [5.74, 6) is 0.394. The first-order valence-electron chi connectivity index (χ1n) is 3.92. The van der Waals surface area contributed by atoms with Gasteiger partial charge in [0.1, 0.15) is 5.75 Å². The molecule has 0 aromatic heterocycles. The lowest BCUT2D eigenvalue weighted by Crippen LogP contribution is -2.00. The molecule has 0 aliphatic carbocycles. The standard InChI is InChI=1S/C10H11FIO/c1-7(6-11)8-4-3-5-9(12)10(8)13-2/h3-5,7H,1,6H2,2H3. The van der Waals surface area contributed by atoms with Gasteiger partial charge in [-0.3, -0.25) is 4.39 Å². The molecule has 0 fully saturated rings. The first-order valence-corrected chi connectivity index (χ1v) is 5.00. The summed E-state index contributed by atoms with van der Waals surface area (Å²) in [5.41, 5.74) is 0.830. The van der Waals surface area contributed by atoms with Gasteiger partial charge in [-0.25, -0.2) is 0 Å². The minimum atomic E-state index is -0.462. The van der Waals surface area contributed by atoms with Gasteiger partial charge in [-0.15, -0.1) is 0 Å². The zero-order valence-electron chi connectivity index (χ0n) is 7.39. The van der Waals surface area contributed by atoms with Gasteiger partial charge in [-0.1, -0.05) is 12.1 Å². The van der Waals surface area contributed by atoms with E-state index in [1.54, 1.807) is 7.11 Å². The molecule has 0 aliphatic rings. The van der Waals surface area contributed by atoms with Gasteiger partial charge in [0.25, 0.3) is 0 Å². The van der Waals surface area contributed by atoms with Crippen LogP contribution < -0.4 is 4.74 Å². The fourth-order valence-corrected chi connectivity index (χ4v) is 1.88. The van der Waals surface area contributed by atoms with Crippen LogP contribution in [0.3, 0.4) is 0 Å². The van der Waals surface area contributed by atoms with Crippen molar-refractivity contribution in [3.63, 3.8) is 0 Å². The molecule has 1 nitrogen and oxygen atoms in total. The number of hydrogen-bond acceptors (Lipinski definition) is 1. The van der Waals surface area contributed by atoms with Crippen LogP contribution >= 0.6 is 22.6 Å². The summed E-state index contributed by atoms with van der Waals surface area (Å²) < 4.78 is 18.6. The molecule has 0 heterocycles. The second-order valence-corrected chi connectivity index (χ2v) is 3.88. The van der Waals surface area contributed by atoms with Crippen molar-refractivity contribution in [2.24, 2.45) is 0 Å². The van der Waals surface area contributed by atoms with E-state index in [-0.39, 0.29) is 5.92 Å². The number of ether oxygens (including phenoxy) is 1. The third-order valence-electron chi connectivity index (χ3n) is 1.83. The highest BCUT2D eigenvalue weighted by atomic mass is 127. The van der Waals surface area contributed by atoms with Crippen LogP contribution in [0.1, 0.15) is 11.5 Å². The number of para-hydroxylation sites is 1. The predicted octanol–water partition coefficient (Wildman–Crippen LogP) is 3.19. The fourth-order valence-electron chi connectivity index (χ4n) is 1.15. The molecule has 3 heteroatoms. The molecule has 0 saturated heterocycles. The van der Waals surface area contributed by atoms with Crippen molar-refractivity contribution in [3.05, 3.63) is 34.3 Å². The third-order valence-corrected chi connectivity index (χ3v) is 2.68. The van der Waals surface area contributed by atoms with Gasteiger partial charge in [0, 0.05) is 11.5 Å². The normalized spacial score (nSPS) is 12.6. The Morgan fingerprint density at radius 3 is 2.85 bits per heavy atom. The Hall–Kier alpha value is -0.320. The summed E-state index contributed by atoms with van der Waals surface area (Å²) in [4.78, 5) is 0. The molecule has 1 atom stereocenters. The smallest absolute Gasteiger partial charge is 0.135 e. The van der Waals surface area contributed by atoms with Gasteiger partial charge < -0.3 is 4.74 Å². The number of rotatable bonds is 3. The summed E-state index contributed by atoms with van der Waals surface area (Å²) in [6, 6.07) is 5.65. The van der Waals surface area contributed by atoms with Crippen molar-refractivity contribution < 1.29 is 9.13 Å². The number of hydrogen-bond donors (Lipinski definition) is 0. The summed E-state index contributed by atoms with van der Waals surface area (Å²) in [7, 11) is 1.59. The number of halogens is 2. The molecule has 0 amide bonds. The van der Waals surface area contributed by atoms with Crippen LogP contribution in [-0.2, 0) is 0 Å². The molecule has 1 aromatic rings. The van der Waals surface area contributed by atoms with E-state index in [9.17, 15) is 4.39 Å². The van der Waals surface area contributed by atoms with E-state index in [4.69, 9.17) is 4.74 Å². The van der Waals surface area contributed by atoms with Gasteiger partial charge in [-0.2, -0.15) is 0 Å². The molecule has 0 N–H and O–H groups in total. The van der Waals surface area contributed by atoms with Crippen LogP contribution in [0.4, 0.5) is 4.39 Å². The topological polar surface area (TPSA) is 9.23 Å². The maximum Gasteiger partial charge on any atom is 0.135 e. The zero-order chi connectivity index (χ0) is 9.84. The van der Waals surface area contributed by atoms with E-state index in [0.717, 1.165) is 14.9 Å². The van der Waals surface area contributed by atoms with Gasteiger partial charge >= 0.3 is 0 Å². The molecule has 0 aliphatic heterocycles. The predicted molar refractivity (Wildman–Crippen MR) is 59.8 cm³/mol. The molecule has 1 aromatic carbocycles. The summed E-state index contributed by atoms with van der Waals surface area (Å²) in [5, 5.41) is 0. The number of benzene rings is 1. The molecular weight excluding hydrogens is 282 g/mol. The Morgan fingerprint density at radius 2 is 2.31 bits per heavy atom. The molecule has 1 unspecified atom stereocenters. The first-order chi connectivity index (χ1) is 6.20. The van der Waals surface area contributed by atoms with Crippen molar-refractivity contribution in [3.8, 4) is 5.75 Å². The Kier molecular flexibility index (Phi) is 3.96. The van der Waals surface area contributed by atoms with Crippen LogP contribution in [0.5, 0.6) is 5.75 Å². The maximum atomic E-state index is 12.4. The largest absolute Gasteiger partial charge is 0.495 e. The minimum Gasteiger partial charge on any atom is -0.495 e. The van der Waals surface area contributed by atoms with Crippen molar-refractivity contribution in [2.45, 2.75) is 5.92 Å². The van der Waals surface area contributed by atoms with E-state index in [1.807, 2.05) is 18.2 Å².